The van der Waals surface area contributed by atoms with Crippen LogP contribution in [0, 0.1) is 6.92 Å². The van der Waals surface area contributed by atoms with Crippen LogP contribution >= 0.6 is 0 Å². The summed E-state index contributed by atoms with van der Waals surface area (Å²) in [6.45, 7) is 1.71. The molecule has 3 heterocycles. The van der Waals surface area contributed by atoms with Crippen molar-refractivity contribution in [3.63, 3.8) is 0 Å². The largest absolute Gasteiger partial charge is 0.478 e. The molecule has 5 nitrogen and oxygen atoms in total. The number of fused-ring (bicyclic) bond motifs is 1. The summed E-state index contributed by atoms with van der Waals surface area (Å²) in [5, 5.41) is 10.5. The van der Waals surface area contributed by atoms with Crippen LogP contribution in [0.3, 0.4) is 0 Å². The number of rotatable bonds is 4. The molecule has 1 N–H and O–H groups in total. The van der Waals surface area contributed by atoms with Crippen molar-refractivity contribution in [1.82, 2.24) is 15.0 Å². The molecule has 0 bridgehead atoms. The Labute approximate surface area is 156 Å². The van der Waals surface area contributed by atoms with Crippen molar-refractivity contribution in [1.29, 1.82) is 0 Å². The molecule has 0 amide bonds. The summed E-state index contributed by atoms with van der Waals surface area (Å²) in [6.07, 6.45) is 3.91. The molecule has 0 atom stereocenters. The first kappa shape index (κ1) is 16.8. The zero-order valence-electron chi connectivity index (χ0n) is 14.8. The third-order valence-corrected chi connectivity index (χ3v) is 4.54. The number of carboxylic acids is 1. The topological polar surface area (TPSA) is 76.0 Å². The van der Waals surface area contributed by atoms with Crippen molar-refractivity contribution in [2.75, 3.05) is 0 Å². The maximum Gasteiger partial charge on any atom is 0.337 e. The van der Waals surface area contributed by atoms with Crippen molar-refractivity contribution in [2.24, 2.45) is 0 Å². The number of pyridine rings is 3. The summed E-state index contributed by atoms with van der Waals surface area (Å²) in [5.74, 6) is -0.977. The normalized spacial score (nSPS) is 10.9. The van der Waals surface area contributed by atoms with Gasteiger partial charge in [-0.3, -0.25) is 4.98 Å². The molecule has 0 radical (unpaired) electrons. The zero-order valence-corrected chi connectivity index (χ0v) is 14.8. The van der Waals surface area contributed by atoms with Crippen LogP contribution in [0.4, 0.5) is 0 Å². The van der Waals surface area contributed by atoms with E-state index in [2.05, 4.69) is 15.0 Å². The number of benzene rings is 1. The standard InChI is InChI=1S/C22H17N3O2/c1-14-20(22(26)27)18(17-8-5-11-23-21(17)25-14)12-15-9-10-19(24-13-15)16-6-3-2-4-7-16/h2-11,13H,12H2,1H3,(H,26,27). The van der Waals surface area contributed by atoms with Gasteiger partial charge in [-0.15, -0.1) is 0 Å². The van der Waals surface area contributed by atoms with Crippen LogP contribution in [0.15, 0.2) is 67.0 Å². The Morgan fingerprint density at radius 1 is 1.00 bits per heavy atom. The van der Waals surface area contributed by atoms with Crippen LogP contribution in [0.2, 0.25) is 0 Å². The molecule has 0 saturated carbocycles. The Morgan fingerprint density at radius 3 is 2.52 bits per heavy atom. The SMILES string of the molecule is Cc1nc2ncccc2c(Cc2ccc(-c3ccccc3)nc2)c1C(=O)O. The van der Waals surface area contributed by atoms with Crippen molar-refractivity contribution in [3.8, 4) is 11.3 Å². The fraction of sp³-hybridized carbons (Fsp3) is 0.0909. The lowest BCUT2D eigenvalue weighted by Crippen LogP contribution is -2.09. The highest BCUT2D eigenvalue weighted by Gasteiger charge is 2.19. The number of hydrogen-bond acceptors (Lipinski definition) is 4. The molecule has 132 valence electrons. The molecule has 0 saturated heterocycles. The Bertz CT molecular complexity index is 1120. The van der Waals surface area contributed by atoms with Gasteiger partial charge >= 0.3 is 5.97 Å². The molecule has 0 fully saturated rings. The fourth-order valence-electron chi connectivity index (χ4n) is 3.27. The highest BCUT2D eigenvalue weighted by Crippen LogP contribution is 2.25. The smallest absolute Gasteiger partial charge is 0.337 e. The van der Waals surface area contributed by atoms with Crippen molar-refractivity contribution >= 4 is 17.0 Å². The van der Waals surface area contributed by atoms with Crippen LogP contribution in [0.5, 0.6) is 0 Å². The second kappa shape index (κ2) is 6.96. The van der Waals surface area contributed by atoms with E-state index in [0.717, 1.165) is 22.2 Å². The third kappa shape index (κ3) is 3.27. The lowest BCUT2D eigenvalue weighted by Gasteiger charge is -2.12. The predicted molar refractivity (Wildman–Crippen MR) is 104 cm³/mol. The molecule has 0 aliphatic heterocycles. The number of aromatic nitrogens is 3. The number of carbonyl (C=O) groups is 1. The molecule has 0 aliphatic carbocycles. The van der Waals surface area contributed by atoms with E-state index in [4.69, 9.17) is 0 Å². The quantitative estimate of drug-likeness (QED) is 0.591. The minimum Gasteiger partial charge on any atom is -0.478 e. The van der Waals surface area contributed by atoms with Gasteiger partial charge in [0.05, 0.1) is 17.0 Å². The van der Waals surface area contributed by atoms with Gasteiger partial charge in [0.1, 0.15) is 0 Å². The highest BCUT2D eigenvalue weighted by atomic mass is 16.4. The van der Waals surface area contributed by atoms with Crippen molar-refractivity contribution < 1.29 is 9.90 Å². The zero-order chi connectivity index (χ0) is 18.8. The summed E-state index contributed by atoms with van der Waals surface area (Å²) in [4.78, 5) is 25.0. The van der Waals surface area contributed by atoms with Crippen LogP contribution in [0.25, 0.3) is 22.3 Å². The third-order valence-electron chi connectivity index (χ3n) is 4.54. The van der Waals surface area contributed by atoms with Gasteiger partial charge in [-0.25, -0.2) is 14.8 Å². The van der Waals surface area contributed by atoms with Gasteiger partial charge in [0, 0.05) is 29.8 Å². The average molecular weight is 355 g/mol. The lowest BCUT2D eigenvalue weighted by molar-refractivity contribution is 0.0695. The maximum atomic E-state index is 11.8. The monoisotopic (exact) mass is 355 g/mol. The van der Waals surface area contributed by atoms with E-state index in [0.29, 0.717) is 23.3 Å². The average Bonchev–Trinajstić information content (AvgIpc) is 2.69. The molecule has 3 aromatic heterocycles. The first-order chi connectivity index (χ1) is 13.1. The summed E-state index contributed by atoms with van der Waals surface area (Å²) < 4.78 is 0. The van der Waals surface area contributed by atoms with E-state index in [1.165, 1.54) is 0 Å². The minimum atomic E-state index is -0.977. The fourth-order valence-corrected chi connectivity index (χ4v) is 3.27. The van der Waals surface area contributed by atoms with Crippen LogP contribution < -0.4 is 0 Å². The Morgan fingerprint density at radius 2 is 1.81 bits per heavy atom. The highest BCUT2D eigenvalue weighted by molar-refractivity contribution is 5.96. The lowest BCUT2D eigenvalue weighted by atomic mass is 9.96. The van der Waals surface area contributed by atoms with Crippen LogP contribution in [0.1, 0.15) is 27.2 Å². The molecule has 1 aromatic carbocycles. The summed E-state index contributed by atoms with van der Waals surface area (Å²) in [7, 11) is 0. The first-order valence-electron chi connectivity index (χ1n) is 8.61. The summed E-state index contributed by atoms with van der Waals surface area (Å²) >= 11 is 0. The molecule has 0 spiro atoms. The minimum absolute atomic E-state index is 0.239. The van der Waals surface area contributed by atoms with Crippen LogP contribution in [-0.2, 0) is 6.42 Å². The molecule has 27 heavy (non-hydrogen) atoms. The first-order valence-corrected chi connectivity index (χ1v) is 8.61. The number of aromatic carboxylic acids is 1. The molecule has 0 aliphatic rings. The Hall–Kier alpha value is -3.60. The number of aryl methyl sites for hydroxylation is 1. The van der Waals surface area contributed by atoms with Crippen molar-refractivity contribution in [3.05, 3.63) is 89.4 Å². The van der Waals surface area contributed by atoms with Crippen LogP contribution in [-0.4, -0.2) is 26.0 Å². The maximum absolute atomic E-state index is 11.8. The molecule has 4 aromatic rings. The summed E-state index contributed by atoms with van der Waals surface area (Å²) in [6, 6.07) is 17.5. The Kier molecular flexibility index (Phi) is 4.34. The molecule has 4 rings (SSSR count). The van der Waals surface area contributed by atoms with Gasteiger partial charge in [0.2, 0.25) is 0 Å². The second-order valence-electron chi connectivity index (χ2n) is 6.32. The van der Waals surface area contributed by atoms with Gasteiger partial charge in [0.25, 0.3) is 0 Å². The number of nitrogens with zero attached hydrogens (tertiary/aromatic N) is 3. The number of carboxylic acid groups (broad SMARTS) is 1. The van der Waals surface area contributed by atoms with E-state index >= 15 is 0 Å². The van der Waals surface area contributed by atoms with Gasteiger partial charge in [-0.05, 0) is 36.2 Å². The molecule has 0 unspecified atom stereocenters. The van der Waals surface area contributed by atoms with Gasteiger partial charge < -0.3 is 5.11 Å². The second-order valence-corrected chi connectivity index (χ2v) is 6.32. The van der Waals surface area contributed by atoms with Gasteiger partial charge in [-0.1, -0.05) is 36.4 Å². The Balaban J connectivity index is 1.77. The van der Waals surface area contributed by atoms with Gasteiger partial charge in [0.15, 0.2) is 5.65 Å². The van der Waals surface area contributed by atoms with E-state index in [1.807, 2.05) is 48.5 Å². The molecular weight excluding hydrogens is 338 g/mol. The molecule has 5 heteroatoms. The molecular formula is C22H17N3O2. The van der Waals surface area contributed by atoms with E-state index in [9.17, 15) is 9.90 Å². The van der Waals surface area contributed by atoms with E-state index in [-0.39, 0.29) is 5.56 Å². The van der Waals surface area contributed by atoms with E-state index < -0.39 is 5.97 Å². The predicted octanol–water partition coefficient (Wildman–Crippen LogP) is 4.29. The van der Waals surface area contributed by atoms with E-state index in [1.54, 1.807) is 25.4 Å². The van der Waals surface area contributed by atoms with Crippen molar-refractivity contribution in [2.45, 2.75) is 13.3 Å². The van der Waals surface area contributed by atoms with Gasteiger partial charge in [-0.2, -0.15) is 0 Å². The summed E-state index contributed by atoms with van der Waals surface area (Å²) in [5.41, 5.74) is 4.85. The number of hydrogen-bond donors (Lipinski definition) is 1.